The Balaban J connectivity index is 2.64. The number of rotatable bonds is 6. The van der Waals surface area contributed by atoms with E-state index in [4.69, 9.17) is 4.74 Å². The van der Waals surface area contributed by atoms with Crippen molar-refractivity contribution in [2.75, 3.05) is 26.3 Å². The molecule has 1 heterocycles. The zero-order valence-electron chi connectivity index (χ0n) is 12.6. The van der Waals surface area contributed by atoms with Crippen LogP contribution in [0.3, 0.4) is 0 Å². The van der Waals surface area contributed by atoms with Crippen LogP contribution < -0.4 is 5.32 Å². The molecule has 0 amide bonds. The van der Waals surface area contributed by atoms with Crippen LogP contribution >= 0.6 is 0 Å². The summed E-state index contributed by atoms with van der Waals surface area (Å²) < 4.78 is 5.44. The third-order valence-corrected chi connectivity index (χ3v) is 3.66. The number of carbonyl (C=O) groups is 1. The average Bonchev–Trinajstić information content (AvgIpc) is 2.55. The van der Waals surface area contributed by atoms with Crippen molar-refractivity contribution in [3.8, 4) is 0 Å². The Kier molecular flexibility index (Phi) is 6.23. The third-order valence-electron chi connectivity index (χ3n) is 3.66. The molecular formula is C14H28N2O3. The monoisotopic (exact) mass is 272 g/mol. The Morgan fingerprint density at radius 3 is 2.63 bits per heavy atom. The topological polar surface area (TPSA) is 61.8 Å². The Morgan fingerprint density at radius 1 is 1.37 bits per heavy atom. The maximum absolute atomic E-state index is 11.5. The Hall–Kier alpha value is -0.650. The SMILES string of the molecule is CC(C)NC(C)(CC(C)N1CCCOCC1)C(=O)O. The van der Waals surface area contributed by atoms with Crippen LogP contribution in [-0.2, 0) is 9.53 Å². The predicted molar refractivity (Wildman–Crippen MR) is 75.4 cm³/mol. The highest BCUT2D eigenvalue weighted by molar-refractivity contribution is 5.78. The molecule has 5 heteroatoms. The molecule has 2 atom stereocenters. The molecule has 0 bridgehead atoms. The van der Waals surface area contributed by atoms with Crippen molar-refractivity contribution in [2.24, 2.45) is 0 Å². The number of nitrogens with zero attached hydrogens (tertiary/aromatic N) is 1. The molecule has 1 aliphatic rings. The van der Waals surface area contributed by atoms with Gasteiger partial charge in [0.05, 0.1) is 6.61 Å². The van der Waals surface area contributed by atoms with Crippen molar-refractivity contribution in [3.63, 3.8) is 0 Å². The van der Waals surface area contributed by atoms with Crippen LogP contribution in [-0.4, -0.2) is 59.9 Å². The summed E-state index contributed by atoms with van der Waals surface area (Å²) in [6.07, 6.45) is 1.62. The summed E-state index contributed by atoms with van der Waals surface area (Å²) in [4.78, 5) is 13.9. The summed E-state index contributed by atoms with van der Waals surface area (Å²) in [5, 5.41) is 12.7. The van der Waals surface area contributed by atoms with Gasteiger partial charge < -0.3 is 9.84 Å². The number of aliphatic carboxylic acids is 1. The predicted octanol–water partition coefficient (Wildman–Crippen LogP) is 1.33. The minimum atomic E-state index is -0.874. The minimum absolute atomic E-state index is 0.153. The van der Waals surface area contributed by atoms with Gasteiger partial charge in [-0.15, -0.1) is 0 Å². The lowest BCUT2D eigenvalue weighted by Gasteiger charge is -2.35. The van der Waals surface area contributed by atoms with Crippen LogP contribution in [0.2, 0.25) is 0 Å². The Labute approximate surface area is 116 Å². The van der Waals surface area contributed by atoms with Crippen molar-refractivity contribution in [1.82, 2.24) is 10.2 Å². The normalized spacial score (nSPS) is 22.8. The van der Waals surface area contributed by atoms with Gasteiger partial charge >= 0.3 is 5.97 Å². The van der Waals surface area contributed by atoms with E-state index in [1.54, 1.807) is 6.92 Å². The summed E-state index contributed by atoms with van der Waals surface area (Å²) >= 11 is 0. The fourth-order valence-electron chi connectivity index (χ4n) is 2.77. The Bertz CT molecular complexity index is 288. The van der Waals surface area contributed by atoms with Gasteiger partial charge in [0.25, 0.3) is 0 Å². The number of ether oxygens (including phenoxy) is 1. The number of hydrogen-bond donors (Lipinski definition) is 2. The molecule has 0 aromatic carbocycles. The highest BCUT2D eigenvalue weighted by Gasteiger charge is 2.36. The first-order chi connectivity index (χ1) is 8.85. The summed E-state index contributed by atoms with van der Waals surface area (Å²) in [5.74, 6) is -0.779. The molecule has 2 N–H and O–H groups in total. The summed E-state index contributed by atoms with van der Waals surface area (Å²) in [7, 11) is 0. The fraction of sp³-hybridized carbons (Fsp3) is 0.929. The first kappa shape index (κ1) is 16.4. The smallest absolute Gasteiger partial charge is 0.323 e. The van der Waals surface area contributed by atoms with Gasteiger partial charge in [0.2, 0.25) is 0 Å². The lowest BCUT2D eigenvalue weighted by Crippen LogP contribution is -2.55. The summed E-state index contributed by atoms with van der Waals surface area (Å²) in [5.41, 5.74) is -0.874. The number of carboxylic acid groups (broad SMARTS) is 1. The molecular weight excluding hydrogens is 244 g/mol. The van der Waals surface area contributed by atoms with E-state index < -0.39 is 11.5 Å². The fourth-order valence-corrected chi connectivity index (χ4v) is 2.77. The minimum Gasteiger partial charge on any atom is -0.480 e. The average molecular weight is 272 g/mol. The maximum Gasteiger partial charge on any atom is 0.323 e. The quantitative estimate of drug-likeness (QED) is 0.764. The lowest BCUT2D eigenvalue weighted by atomic mass is 9.92. The van der Waals surface area contributed by atoms with Gasteiger partial charge in [0, 0.05) is 31.8 Å². The molecule has 1 aliphatic heterocycles. The first-order valence-electron chi connectivity index (χ1n) is 7.18. The summed E-state index contributed by atoms with van der Waals surface area (Å²) in [6, 6.07) is 0.384. The molecule has 19 heavy (non-hydrogen) atoms. The van der Waals surface area contributed by atoms with Crippen LogP contribution in [0.15, 0.2) is 0 Å². The molecule has 0 saturated carbocycles. The molecule has 1 rings (SSSR count). The second-order valence-electron chi connectivity index (χ2n) is 5.99. The van der Waals surface area contributed by atoms with E-state index in [0.29, 0.717) is 6.42 Å². The van der Waals surface area contributed by atoms with Gasteiger partial charge in [-0.05, 0) is 40.5 Å². The van der Waals surface area contributed by atoms with E-state index in [1.165, 1.54) is 0 Å². The molecule has 1 fully saturated rings. The zero-order valence-corrected chi connectivity index (χ0v) is 12.6. The molecule has 0 aromatic rings. The third kappa shape index (κ3) is 5.09. The molecule has 5 nitrogen and oxygen atoms in total. The largest absolute Gasteiger partial charge is 0.480 e. The number of carboxylic acids is 1. The van der Waals surface area contributed by atoms with E-state index in [-0.39, 0.29) is 12.1 Å². The van der Waals surface area contributed by atoms with Crippen molar-refractivity contribution in [2.45, 2.75) is 58.2 Å². The molecule has 112 valence electrons. The molecule has 1 saturated heterocycles. The van der Waals surface area contributed by atoms with Gasteiger partial charge in [-0.25, -0.2) is 0 Å². The van der Waals surface area contributed by atoms with Crippen molar-refractivity contribution in [3.05, 3.63) is 0 Å². The van der Waals surface area contributed by atoms with E-state index in [0.717, 1.165) is 32.7 Å². The highest BCUT2D eigenvalue weighted by atomic mass is 16.5. The first-order valence-corrected chi connectivity index (χ1v) is 7.18. The van der Waals surface area contributed by atoms with Crippen LogP contribution in [0, 0.1) is 0 Å². The second-order valence-corrected chi connectivity index (χ2v) is 5.99. The van der Waals surface area contributed by atoms with Crippen LogP contribution in [0.25, 0.3) is 0 Å². The Morgan fingerprint density at radius 2 is 2.05 bits per heavy atom. The molecule has 0 aliphatic carbocycles. The lowest BCUT2D eigenvalue weighted by molar-refractivity contribution is -0.145. The van der Waals surface area contributed by atoms with Gasteiger partial charge in [-0.1, -0.05) is 0 Å². The molecule has 0 radical (unpaired) electrons. The number of hydrogen-bond acceptors (Lipinski definition) is 4. The van der Waals surface area contributed by atoms with Crippen molar-refractivity contribution >= 4 is 5.97 Å². The van der Waals surface area contributed by atoms with Crippen LogP contribution in [0.1, 0.15) is 40.5 Å². The van der Waals surface area contributed by atoms with E-state index in [9.17, 15) is 9.90 Å². The van der Waals surface area contributed by atoms with E-state index >= 15 is 0 Å². The van der Waals surface area contributed by atoms with Gasteiger partial charge in [-0.3, -0.25) is 15.0 Å². The van der Waals surface area contributed by atoms with Crippen molar-refractivity contribution < 1.29 is 14.6 Å². The van der Waals surface area contributed by atoms with E-state index in [2.05, 4.69) is 17.1 Å². The molecule has 0 spiro atoms. The van der Waals surface area contributed by atoms with Crippen molar-refractivity contribution in [1.29, 1.82) is 0 Å². The molecule has 2 unspecified atom stereocenters. The van der Waals surface area contributed by atoms with Gasteiger partial charge in [0.1, 0.15) is 5.54 Å². The maximum atomic E-state index is 11.5. The van der Waals surface area contributed by atoms with Crippen LogP contribution in [0.4, 0.5) is 0 Å². The second kappa shape index (κ2) is 7.22. The van der Waals surface area contributed by atoms with E-state index in [1.807, 2.05) is 13.8 Å². The summed E-state index contributed by atoms with van der Waals surface area (Å²) in [6.45, 7) is 11.3. The standard InChI is InChI=1S/C14H28N2O3/c1-11(2)15-14(4,13(17)18)10-12(3)16-6-5-8-19-9-7-16/h11-12,15H,5-10H2,1-4H3,(H,17,18). The van der Waals surface area contributed by atoms with Gasteiger partial charge in [0.15, 0.2) is 0 Å². The molecule has 0 aromatic heterocycles. The van der Waals surface area contributed by atoms with Gasteiger partial charge in [-0.2, -0.15) is 0 Å². The zero-order chi connectivity index (χ0) is 14.5. The van der Waals surface area contributed by atoms with Crippen LogP contribution in [0.5, 0.6) is 0 Å². The number of nitrogens with one attached hydrogen (secondary N) is 1. The highest BCUT2D eigenvalue weighted by Crippen LogP contribution is 2.19.